The molecule has 27 heavy (non-hydrogen) atoms. The second-order valence-electron chi connectivity index (χ2n) is 6.74. The second-order valence-corrected chi connectivity index (χ2v) is 6.74. The molecular weight excluding hydrogens is 349 g/mol. The van der Waals surface area contributed by atoms with Crippen LogP contribution in [0.25, 0.3) is 5.76 Å². The highest BCUT2D eigenvalue weighted by Gasteiger charge is 2.46. The highest BCUT2D eigenvalue weighted by Crippen LogP contribution is 2.38. The molecule has 7 heteroatoms. The molecule has 0 unspecified atom stereocenters. The Morgan fingerprint density at radius 2 is 1.78 bits per heavy atom. The first kappa shape index (κ1) is 18.7. The van der Waals surface area contributed by atoms with Crippen molar-refractivity contribution < 1.29 is 24.0 Å². The fraction of sp³-hybridized carbons (Fsp3) is 0.250. The number of hydrogen-bond donors (Lipinski definition) is 2. The van der Waals surface area contributed by atoms with Gasteiger partial charge in [0.1, 0.15) is 11.6 Å². The number of likely N-dealkylation sites (N-methyl/N-ethyl adjacent to an activating group) is 1. The van der Waals surface area contributed by atoms with E-state index in [1.54, 1.807) is 24.5 Å². The van der Waals surface area contributed by atoms with E-state index in [0.717, 1.165) is 4.90 Å². The average Bonchev–Trinajstić information content (AvgIpc) is 2.91. The fourth-order valence-electron chi connectivity index (χ4n) is 3.11. The van der Waals surface area contributed by atoms with Crippen LogP contribution in [-0.4, -0.2) is 53.9 Å². The number of rotatable bonds is 5. The highest BCUT2D eigenvalue weighted by atomic mass is 19.1. The molecule has 1 atom stereocenters. The van der Waals surface area contributed by atoms with Crippen molar-refractivity contribution in [1.29, 1.82) is 0 Å². The van der Waals surface area contributed by atoms with Gasteiger partial charge in [0.2, 0.25) is 0 Å². The Morgan fingerprint density at radius 3 is 2.37 bits per heavy atom. The molecule has 0 saturated carbocycles. The number of benzene rings is 1. The van der Waals surface area contributed by atoms with Gasteiger partial charge in [0, 0.05) is 18.0 Å². The molecule has 0 radical (unpaired) electrons. The number of quaternary nitrogens is 1. The third kappa shape index (κ3) is 3.73. The molecule has 1 amide bonds. The minimum Gasteiger partial charge on any atom is -0.507 e. The zero-order valence-corrected chi connectivity index (χ0v) is 15.1. The first-order valence-corrected chi connectivity index (χ1v) is 8.63. The number of carbonyl (C=O) groups is 2. The molecule has 0 spiro atoms. The number of aliphatic hydroxyl groups is 1. The number of amides is 1. The van der Waals surface area contributed by atoms with E-state index in [4.69, 9.17) is 0 Å². The van der Waals surface area contributed by atoms with E-state index in [9.17, 15) is 19.1 Å². The largest absolute Gasteiger partial charge is 0.507 e. The summed E-state index contributed by atoms with van der Waals surface area (Å²) < 4.78 is 13.2. The standard InChI is InChI=1S/C20H20FN3O3/c1-23(2)11-12-24-17(13-7-9-22-10-8-13)16(19(26)20(24)27)18(25)14-3-5-15(21)6-4-14/h3-10,17,25H,11-12H2,1-2H3/p+1/t17-/m0/s1. The Labute approximate surface area is 156 Å². The zero-order valence-electron chi connectivity index (χ0n) is 15.1. The Balaban J connectivity index is 2.12. The lowest BCUT2D eigenvalue weighted by Gasteiger charge is -2.25. The van der Waals surface area contributed by atoms with Crippen molar-refractivity contribution in [2.75, 3.05) is 27.2 Å². The van der Waals surface area contributed by atoms with Crippen molar-refractivity contribution in [2.45, 2.75) is 6.04 Å². The molecule has 0 aliphatic carbocycles. The Bertz CT molecular complexity index is 879. The van der Waals surface area contributed by atoms with Crippen LogP contribution in [0, 0.1) is 5.82 Å². The zero-order chi connectivity index (χ0) is 19.6. The van der Waals surface area contributed by atoms with E-state index in [1.807, 2.05) is 14.1 Å². The highest BCUT2D eigenvalue weighted by molar-refractivity contribution is 6.46. The van der Waals surface area contributed by atoms with Gasteiger partial charge in [-0.15, -0.1) is 0 Å². The van der Waals surface area contributed by atoms with E-state index < -0.39 is 23.5 Å². The average molecular weight is 370 g/mol. The third-order valence-corrected chi connectivity index (χ3v) is 4.53. The van der Waals surface area contributed by atoms with E-state index in [0.29, 0.717) is 18.7 Å². The summed E-state index contributed by atoms with van der Waals surface area (Å²) in [5.41, 5.74) is 0.972. The van der Waals surface area contributed by atoms with Gasteiger partial charge in [0.15, 0.2) is 0 Å². The molecule has 2 heterocycles. The lowest BCUT2D eigenvalue weighted by atomic mass is 9.96. The molecule has 1 aromatic carbocycles. The monoisotopic (exact) mass is 370 g/mol. The molecule has 1 aliphatic rings. The number of halogens is 1. The van der Waals surface area contributed by atoms with Crippen molar-refractivity contribution in [3.63, 3.8) is 0 Å². The lowest BCUT2D eigenvalue weighted by Crippen LogP contribution is -3.06. The Morgan fingerprint density at radius 1 is 1.15 bits per heavy atom. The number of nitrogens with one attached hydrogen (secondary N) is 1. The minimum atomic E-state index is -0.743. The first-order valence-electron chi connectivity index (χ1n) is 8.63. The van der Waals surface area contributed by atoms with Crippen molar-refractivity contribution in [1.82, 2.24) is 9.88 Å². The molecule has 1 aliphatic heterocycles. The summed E-state index contributed by atoms with van der Waals surface area (Å²) in [5, 5.41) is 10.8. The normalized spacial score (nSPS) is 19.1. The van der Waals surface area contributed by atoms with E-state index in [2.05, 4.69) is 4.98 Å². The maximum atomic E-state index is 13.2. The van der Waals surface area contributed by atoms with Crippen LogP contribution >= 0.6 is 0 Å². The number of aliphatic hydroxyl groups excluding tert-OH is 1. The SMILES string of the molecule is C[NH+](C)CCN1C(=O)C(=O)C(=C(O)c2ccc(F)cc2)[C@@H]1c1ccncc1. The van der Waals surface area contributed by atoms with E-state index >= 15 is 0 Å². The second kappa shape index (κ2) is 7.67. The van der Waals surface area contributed by atoms with Gasteiger partial charge in [0.05, 0.1) is 38.8 Å². The van der Waals surface area contributed by atoms with Crippen molar-refractivity contribution in [3.05, 3.63) is 71.3 Å². The number of ketones is 1. The van der Waals surface area contributed by atoms with Crippen LogP contribution in [0.2, 0.25) is 0 Å². The quantitative estimate of drug-likeness (QED) is 0.464. The molecule has 0 bridgehead atoms. The molecule has 140 valence electrons. The van der Waals surface area contributed by atoms with Crippen molar-refractivity contribution >= 4 is 17.4 Å². The van der Waals surface area contributed by atoms with Crippen LogP contribution in [0.5, 0.6) is 0 Å². The van der Waals surface area contributed by atoms with E-state index in [1.165, 1.54) is 29.2 Å². The van der Waals surface area contributed by atoms with Gasteiger partial charge in [-0.05, 0) is 42.0 Å². The van der Waals surface area contributed by atoms with Gasteiger partial charge in [-0.3, -0.25) is 14.6 Å². The van der Waals surface area contributed by atoms with Crippen LogP contribution < -0.4 is 4.90 Å². The van der Waals surface area contributed by atoms with Crippen LogP contribution in [0.15, 0.2) is 54.4 Å². The number of nitrogens with zero attached hydrogens (tertiary/aromatic N) is 2. The molecule has 1 fully saturated rings. The van der Waals surface area contributed by atoms with Gasteiger partial charge < -0.3 is 14.9 Å². The first-order chi connectivity index (χ1) is 12.9. The van der Waals surface area contributed by atoms with E-state index in [-0.39, 0.29) is 16.9 Å². The number of pyridine rings is 1. The number of hydrogen-bond acceptors (Lipinski definition) is 4. The summed E-state index contributed by atoms with van der Waals surface area (Å²) in [5.74, 6) is -2.16. The predicted molar refractivity (Wildman–Crippen MR) is 97.3 cm³/mol. The summed E-state index contributed by atoms with van der Waals surface area (Å²) in [6.45, 7) is 1.01. The molecular formula is C20H21FN3O3+. The minimum absolute atomic E-state index is 0.00608. The van der Waals surface area contributed by atoms with Crippen LogP contribution in [-0.2, 0) is 9.59 Å². The molecule has 6 nitrogen and oxygen atoms in total. The number of aromatic nitrogens is 1. The maximum Gasteiger partial charge on any atom is 0.295 e. The van der Waals surface area contributed by atoms with Crippen LogP contribution in [0.4, 0.5) is 4.39 Å². The Kier molecular flexibility index (Phi) is 5.32. The van der Waals surface area contributed by atoms with Gasteiger partial charge in [-0.1, -0.05) is 0 Å². The summed E-state index contributed by atoms with van der Waals surface area (Å²) >= 11 is 0. The predicted octanol–water partition coefficient (Wildman–Crippen LogP) is 0.787. The summed E-state index contributed by atoms with van der Waals surface area (Å²) in [7, 11) is 3.91. The van der Waals surface area contributed by atoms with Crippen LogP contribution in [0.3, 0.4) is 0 Å². The molecule has 2 N–H and O–H groups in total. The van der Waals surface area contributed by atoms with Crippen molar-refractivity contribution in [2.24, 2.45) is 0 Å². The van der Waals surface area contributed by atoms with Gasteiger partial charge >= 0.3 is 0 Å². The van der Waals surface area contributed by atoms with Crippen molar-refractivity contribution in [3.8, 4) is 0 Å². The third-order valence-electron chi connectivity index (χ3n) is 4.53. The summed E-state index contributed by atoms with van der Waals surface area (Å²) in [6.07, 6.45) is 3.15. The summed E-state index contributed by atoms with van der Waals surface area (Å²) in [4.78, 5) is 31.9. The number of carbonyl (C=O) groups excluding carboxylic acids is 2. The Hall–Kier alpha value is -3.06. The lowest BCUT2D eigenvalue weighted by molar-refractivity contribution is -0.857. The molecule has 3 rings (SSSR count). The smallest absolute Gasteiger partial charge is 0.295 e. The molecule has 1 saturated heterocycles. The maximum absolute atomic E-state index is 13.2. The molecule has 2 aromatic rings. The molecule has 1 aromatic heterocycles. The fourth-order valence-corrected chi connectivity index (χ4v) is 3.11. The van der Waals surface area contributed by atoms with Gasteiger partial charge in [0.25, 0.3) is 11.7 Å². The van der Waals surface area contributed by atoms with Gasteiger partial charge in [-0.25, -0.2) is 4.39 Å². The number of likely N-dealkylation sites (tertiary alicyclic amines) is 1. The topological polar surface area (TPSA) is 74.9 Å². The van der Waals surface area contributed by atoms with Crippen LogP contribution in [0.1, 0.15) is 17.2 Å². The van der Waals surface area contributed by atoms with Gasteiger partial charge in [-0.2, -0.15) is 0 Å². The summed E-state index contributed by atoms with van der Waals surface area (Å²) in [6, 6.07) is 7.87. The number of Topliss-reactive ketones (excluding diaryl/α,β-unsaturated/α-hetero) is 1.